The highest BCUT2D eigenvalue weighted by atomic mass is 79.9. The lowest BCUT2D eigenvalue weighted by Gasteiger charge is -2.13. The van der Waals surface area contributed by atoms with Gasteiger partial charge < -0.3 is 10.6 Å². The van der Waals surface area contributed by atoms with Crippen LogP contribution in [0.4, 0.5) is 11.5 Å². The Morgan fingerprint density at radius 1 is 1.67 bits per heavy atom. The average molecular weight is 315 g/mol. The number of pyridine rings is 1. The molecule has 0 saturated carbocycles. The molecule has 8 heteroatoms. The van der Waals surface area contributed by atoms with Gasteiger partial charge in [0, 0.05) is 18.5 Å². The molecule has 0 radical (unpaired) electrons. The van der Waals surface area contributed by atoms with E-state index in [4.69, 9.17) is 0 Å². The first kappa shape index (κ1) is 12.7. The van der Waals surface area contributed by atoms with Gasteiger partial charge in [-0.2, -0.15) is 0 Å². The van der Waals surface area contributed by atoms with Gasteiger partial charge in [0.15, 0.2) is 0 Å². The molecule has 1 amide bonds. The Labute approximate surface area is 111 Å². The van der Waals surface area contributed by atoms with Gasteiger partial charge in [-0.15, -0.1) is 0 Å². The minimum Gasteiger partial charge on any atom is -0.364 e. The molecule has 2 heterocycles. The quantitative estimate of drug-likeness (QED) is 0.648. The average Bonchev–Trinajstić information content (AvgIpc) is 2.70. The number of hydrogen-bond donors (Lipinski definition) is 2. The molecule has 0 aromatic carbocycles. The molecule has 1 aliphatic heterocycles. The van der Waals surface area contributed by atoms with Gasteiger partial charge in [-0.05, 0) is 22.9 Å². The summed E-state index contributed by atoms with van der Waals surface area (Å²) < 4.78 is 0.552. The van der Waals surface area contributed by atoms with Gasteiger partial charge in [0.1, 0.15) is 12.0 Å². The van der Waals surface area contributed by atoms with Crippen LogP contribution in [0.15, 0.2) is 10.7 Å². The maximum absolute atomic E-state index is 11.1. The molecule has 0 spiro atoms. The van der Waals surface area contributed by atoms with E-state index in [-0.39, 0.29) is 17.6 Å². The van der Waals surface area contributed by atoms with Crippen molar-refractivity contribution in [1.82, 2.24) is 10.3 Å². The Morgan fingerprint density at radius 2 is 2.39 bits per heavy atom. The van der Waals surface area contributed by atoms with Gasteiger partial charge in [0.25, 0.3) is 5.69 Å². The van der Waals surface area contributed by atoms with Crippen LogP contribution in [0, 0.1) is 17.0 Å². The van der Waals surface area contributed by atoms with Crippen LogP contribution in [0.2, 0.25) is 0 Å². The topological polar surface area (TPSA) is 97.2 Å². The molecular weight excluding hydrogens is 304 g/mol. The predicted molar refractivity (Wildman–Crippen MR) is 68.4 cm³/mol. The molecule has 7 nitrogen and oxygen atoms in total. The molecule has 1 aromatic rings. The smallest absolute Gasteiger partial charge is 0.291 e. The largest absolute Gasteiger partial charge is 0.364 e. The van der Waals surface area contributed by atoms with Crippen molar-refractivity contribution in [1.29, 1.82) is 0 Å². The Kier molecular flexibility index (Phi) is 3.46. The first-order valence-corrected chi connectivity index (χ1v) is 6.11. The number of aromatic nitrogens is 1. The van der Waals surface area contributed by atoms with E-state index in [0.717, 1.165) is 0 Å². The second kappa shape index (κ2) is 4.89. The summed E-state index contributed by atoms with van der Waals surface area (Å²) in [5, 5.41) is 16.5. The zero-order chi connectivity index (χ0) is 13.3. The Hall–Kier alpha value is -1.70. The molecule has 1 saturated heterocycles. The molecule has 2 rings (SSSR count). The van der Waals surface area contributed by atoms with Crippen LogP contribution in [0.5, 0.6) is 0 Å². The zero-order valence-corrected chi connectivity index (χ0v) is 11.2. The molecule has 1 atom stereocenters. The van der Waals surface area contributed by atoms with Crippen LogP contribution in [0.1, 0.15) is 12.0 Å². The summed E-state index contributed by atoms with van der Waals surface area (Å²) in [6.45, 7) is 2.18. The molecular formula is C10H11BrN4O3. The highest BCUT2D eigenvalue weighted by Gasteiger charge is 2.24. The molecule has 0 aliphatic carbocycles. The van der Waals surface area contributed by atoms with Crippen molar-refractivity contribution in [2.24, 2.45) is 0 Å². The first-order valence-electron chi connectivity index (χ1n) is 5.31. The van der Waals surface area contributed by atoms with Crippen LogP contribution in [0.3, 0.4) is 0 Å². The predicted octanol–water partition coefficient (Wildman–Crippen LogP) is 1.36. The molecule has 1 unspecified atom stereocenters. The number of nitrogens with one attached hydrogen (secondary N) is 2. The molecule has 18 heavy (non-hydrogen) atoms. The van der Waals surface area contributed by atoms with E-state index in [2.05, 4.69) is 31.5 Å². The third-order valence-electron chi connectivity index (χ3n) is 2.75. The van der Waals surface area contributed by atoms with Crippen molar-refractivity contribution in [3.8, 4) is 0 Å². The molecule has 0 bridgehead atoms. The minimum atomic E-state index is -0.475. The minimum absolute atomic E-state index is 0.0118. The Bertz CT molecular complexity index is 520. The summed E-state index contributed by atoms with van der Waals surface area (Å²) in [7, 11) is 0. The summed E-state index contributed by atoms with van der Waals surface area (Å²) >= 11 is 3.29. The summed E-state index contributed by atoms with van der Waals surface area (Å²) in [4.78, 5) is 25.3. The van der Waals surface area contributed by atoms with Crippen LogP contribution in [0.25, 0.3) is 0 Å². The van der Waals surface area contributed by atoms with Gasteiger partial charge in [0.2, 0.25) is 5.91 Å². The van der Waals surface area contributed by atoms with Gasteiger partial charge in [-0.25, -0.2) is 4.98 Å². The first-order chi connectivity index (χ1) is 8.49. The third kappa shape index (κ3) is 2.42. The summed E-state index contributed by atoms with van der Waals surface area (Å²) in [5.74, 6) is 0.502. The maximum atomic E-state index is 11.1. The fraction of sp³-hybridized carbons (Fsp3) is 0.400. The lowest BCUT2D eigenvalue weighted by Crippen LogP contribution is -2.23. The van der Waals surface area contributed by atoms with E-state index in [1.165, 1.54) is 6.20 Å². The number of halogens is 1. The normalized spacial score (nSPS) is 18.6. The number of nitro groups is 1. The van der Waals surface area contributed by atoms with Crippen molar-refractivity contribution in [3.63, 3.8) is 0 Å². The van der Waals surface area contributed by atoms with E-state index in [9.17, 15) is 14.9 Å². The molecule has 96 valence electrons. The van der Waals surface area contributed by atoms with Crippen LogP contribution >= 0.6 is 15.9 Å². The van der Waals surface area contributed by atoms with Crippen molar-refractivity contribution in [3.05, 3.63) is 26.3 Å². The fourth-order valence-corrected chi connectivity index (χ4v) is 2.17. The lowest BCUT2D eigenvalue weighted by atomic mass is 10.2. The highest BCUT2D eigenvalue weighted by Crippen LogP contribution is 2.31. The van der Waals surface area contributed by atoms with Crippen LogP contribution in [-0.4, -0.2) is 28.4 Å². The lowest BCUT2D eigenvalue weighted by molar-refractivity contribution is -0.385. The summed E-state index contributed by atoms with van der Waals surface area (Å²) in [5.41, 5.74) is 0.475. The van der Waals surface area contributed by atoms with Crippen molar-refractivity contribution in [2.45, 2.75) is 19.4 Å². The van der Waals surface area contributed by atoms with E-state index in [0.29, 0.717) is 28.8 Å². The number of nitrogens with zero attached hydrogens (tertiary/aromatic N) is 2. The number of carbonyl (C=O) groups is 1. The fourth-order valence-electron chi connectivity index (χ4n) is 1.75. The zero-order valence-electron chi connectivity index (χ0n) is 9.57. The van der Waals surface area contributed by atoms with Crippen molar-refractivity contribution >= 4 is 33.3 Å². The van der Waals surface area contributed by atoms with Gasteiger partial charge >= 0.3 is 0 Å². The van der Waals surface area contributed by atoms with Crippen molar-refractivity contribution < 1.29 is 9.72 Å². The molecule has 1 fully saturated rings. The SMILES string of the molecule is Cc1c([N+](=O)[O-])cnc(NC2CNC(=O)C2)c1Br. The van der Waals surface area contributed by atoms with Crippen LogP contribution in [-0.2, 0) is 4.79 Å². The Balaban J connectivity index is 2.22. The third-order valence-corrected chi connectivity index (χ3v) is 3.72. The van der Waals surface area contributed by atoms with Gasteiger partial charge in [-0.1, -0.05) is 0 Å². The monoisotopic (exact) mass is 314 g/mol. The highest BCUT2D eigenvalue weighted by molar-refractivity contribution is 9.10. The van der Waals surface area contributed by atoms with Gasteiger partial charge in [-0.3, -0.25) is 14.9 Å². The second-order valence-electron chi connectivity index (χ2n) is 4.04. The molecule has 1 aliphatic rings. The molecule has 1 aromatic heterocycles. The van der Waals surface area contributed by atoms with E-state index < -0.39 is 4.92 Å². The number of amides is 1. The number of hydrogen-bond acceptors (Lipinski definition) is 5. The van der Waals surface area contributed by atoms with Crippen molar-refractivity contribution in [2.75, 3.05) is 11.9 Å². The van der Waals surface area contributed by atoms with E-state index in [1.54, 1.807) is 6.92 Å². The maximum Gasteiger partial charge on any atom is 0.291 e. The standard InChI is InChI=1S/C10H11BrN4O3/c1-5-7(15(17)18)4-13-10(9(5)11)14-6-2-8(16)12-3-6/h4,6H,2-3H2,1H3,(H,12,16)(H,13,14). The van der Waals surface area contributed by atoms with E-state index in [1.807, 2.05) is 0 Å². The molecule has 2 N–H and O–H groups in total. The van der Waals surface area contributed by atoms with Crippen LogP contribution < -0.4 is 10.6 Å². The van der Waals surface area contributed by atoms with Gasteiger partial charge in [0.05, 0.1) is 15.4 Å². The summed E-state index contributed by atoms with van der Waals surface area (Å²) in [6.07, 6.45) is 1.59. The number of rotatable bonds is 3. The summed E-state index contributed by atoms with van der Waals surface area (Å²) in [6, 6.07) is -0.0397. The number of anilines is 1. The van der Waals surface area contributed by atoms with E-state index >= 15 is 0 Å². The Morgan fingerprint density at radius 3 is 2.94 bits per heavy atom. The second-order valence-corrected chi connectivity index (χ2v) is 4.83. The number of carbonyl (C=O) groups excluding carboxylic acids is 1.